The molecule has 9 heteroatoms. The van der Waals surface area contributed by atoms with Gasteiger partial charge in [0.25, 0.3) is 5.91 Å². The first-order valence-electron chi connectivity index (χ1n) is 12.9. The topological polar surface area (TPSA) is 134 Å². The van der Waals surface area contributed by atoms with E-state index in [-0.39, 0.29) is 30.8 Å². The molecule has 0 aliphatic carbocycles. The highest BCUT2D eigenvalue weighted by molar-refractivity contribution is 5.97. The molecule has 40 heavy (non-hydrogen) atoms. The number of fused-ring (bicyclic) bond motifs is 2. The van der Waals surface area contributed by atoms with Gasteiger partial charge in [0.15, 0.2) is 0 Å². The van der Waals surface area contributed by atoms with Gasteiger partial charge in [-0.2, -0.15) is 0 Å². The van der Waals surface area contributed by atoms with Crippen molar-refractivity contribution < 1.29 is 24.9 Å². The van der Waals surface area contributed by atoms with Crippen LogP contribution in [0.15, 0.2) is 95.8 Å². The minimum absolute atomic E-state index is 0.0652. The first-order valence-corrected chi connectivity index (χ1v) is 12.9. The zero-order chi connectivity index (χ0) is 28.2. The normalized spacial score (nSPS) is 12.8. The number of nitrogens with zero attached hydrogens (tertiary/aromatic N) is 2. The van der Waals surface area contributed by atoms with Crippen LogP contribution in [0.4, 0.5) is 0 Å². The monoisotopic (exact) mass is 539 g/mol. The molecule has 1 amide bonds. The fourth-order valence-corrected chi connectivity index (χ4v) is 5.00. The van der Waals surface area contributed by atoms with E-state index in [9.17, 15) is 29.7 Å². The molecule has 0 unspecified atom stereocenters. The molecule has 5 aromatic rings. The van der Waals surface area contributed by atoms with Crippen LogP contribution in [0.5, 0.6) is 0 Å². The molecule has 1 aromatic heterocycles. The number of aryl methyl sites for hydroxylation is 1. The molecule has 0 bridgehead atoms. The van der Waals surface area contributed by atoms with Crippen LogP contribution in [0.1, 0.15) is 34.0 Å². The summed E-state index contributed by atoms with van der Waals surface area (Å²) in [5.74, 6) is -1.59. The largest absolute Gasteiger partial charge is 0.481 e. The van der Waals surface area contributed by atoms with Gasteiger partial charge in [0.1, 0.15) is 6.10 Å². The van der Waals surface area contributed by atoms with Gasteiger partial charge in [-0.25, -0.2) is 4.79 Å². The van der Waals surface area contributed by atoms with E-state index in [4.69, 9.17) is 0 Å². The van der Waals surface area contributed by atoms with Crippen molar-refractivity contribution in [1.29, 1.82) is 0 Å². The number of carboxylic acid groups (broad SMARTS) is 1. The van der Waals surface area contributed by atoms with Crippen LogP contribution in [-0.2, 0) is 17.9 Å². The number of aliphatic hydroxyl groups is 2. The van der Waals surface area contributed by atoms with E-state index in [1.165, 1.54) is 10.6 Å². The van der Waals surface area contributed by atoms with Crippen LogP contribution in [0.2, 0.25) is 0 Å². The summed E-state index contributed by atoms with van der Waals surface area (Å²) < 4.78 is 2.95. The number of hydrogen-bond acceptors (Lipinski definition) is 5. The Hall–Kier alpha value is -4.73. The van der Waals surface area contributed by atoms with E-state index in [1.54, 1.807) is 47.0 Å². The highest BCUT2D eigenvalue weighted by Crippen LogP contribution is 2.23. The number of carbonyl (C=O) groups excluding carboxylic acids is 1. The van der Waals surface area contributed by atoms with E-state index < -0.39 is 30.6 Å². The van der Waals surface area contributed by atoms with Crippen molar-refractivity contribution in [1.82, 2.24) is 14.5 Å². The van der Waals surface area contributed by atoms with Crippen LogP contribution in [0.3, 0.4) is 0 Å². The van der Waals surface area contributed by atoms with E-state index in [0.29, 0.717) is 16.6 Å². The maximum absolute atomic E-state index is 13.6. The zero-order valence-corrected chi connectivity index (χ0v) is 21.6. The minimum atomic E-state index is -1.13. The van der Waals surface area contributed by atoms with E-state index >= 15 is 0 Å². The SMILES string of the molecule is O=C(O)CCn1c(=O)n(Cc2cccc3ccccc23)c2ccc(C(=O)N[C@H](CO)[C@H](O)c3ccccc3)cc21. The third-order valence-corrected chi connectivity index (χ3v) is 7.07. The number of rotatable bonds is 10. The fraction of sp³-hybridized carbons (Fsp3) is 0.194. The standard InChI is InChI=1S/C31H29N3O6/c35-19-25(29(38)21-8-2-1-3-9-21)32-30(39)22-13-14-26-27(17-22)33(16-15-28(36)37)31(40)34(26)18-23-11-6-10-20-7-4-5-12-24(20)23/h1-14,17,25,29,35,38H,15-16,18-19H2,(H,32,39)(H,36,37)/t25-,29-/m1/s1. The van der Waals surface area contributed by atoms with Crippen LogP contribution < -0.4 is 11.0 Å². The Morgan fingerprint density at radius 3 is 2.33 bits per heavy atom. The van der Waals surface area contributed by atoms with Crippen molar-refractivity contribution in [3.05, 3.63) is 118 Å². The van der Waals surface area contributed by atoms with Crippen molar-refractivity contribution >= 4 is 33.7 Å². The summed E-state index contributed by atoms with van der Waals surface area (Å²) in [5, 5.41) is 34.6. The average molecular weight is 540 g/mol. The quantitative estimate of drug-likeness (QED) is 0.215. The summed E-state index contributed by atoms with van der Waals surface area (Å²) in [6, 6.07) is 26.3. The molecule has 0 fully saturated rings. The van der Waals surface area contributed by atoms with Gasteiger partial charge in [0, 0.05) is 12.1 Å². The second-order valence-corrected chi connectivity index (χ2v) is 9.62. The van der Waals surface area contributed by atoms with E-state index in [0.717, 1.165) is 16.3 Å². The molecule has 1 heterocycles. The minimum Gasteiger partial charge on any atom is -0.481 e. The van der Waals surface area contributed by atoms with Gasteiger partial charge in [-0.15, -0.1) is 0 Å². The second kappa shape index (κ2) is 11.6. The Balaban J connectivity index is 1.51. The van der Waals surface area contributed by atoms with E-state index in [2.05, 4.69) is 5.32 Å². The Labute approximate surface area is 229 Å². The van der Waals surface area contributed by atoms with Gasteiger partial charge in [0.2, 0.25) is 0 Å². The highest BCUT2D eigenvalue weighted by atomic mass is 16.4. The third-order valence-electron chi connectivity index (χ3n) is 7.07. The molecule has 204 valence electrons. The highest BCUT2D eigenvalue weighted by Gasteiger charge is 2.24. The number of nitrogens with one attached hydrogen (secondary N) is 1. The number of hydrogen-bond donors (Lipinski definition) is 4. The molecule has 0 saturated carbocycles. The predicted octanol–water partition coefficient (Wildman–Crippen LogP) is 3.30. The number of aromatic nitrogens is 2. The molecule has 0 aliphatic heterocycles. The summed E-state index contributed by atoms with van der Waals surface area (Å²) in [7, 11) is 0. The van der Waals surface area contributed by atoms with Gasteiger partial charge in [-0.1, -0.05) is 72.8 Å². The summed E-state index contributed by atoms with van der Waals surface area (Å²) >= 11 is 0. The van der Waals surface area contributed by atoms with Gasteiger partial charge in [-0.3, -0.25) is 18.7 Å². The first-order chi connectivity index (χ1) is 19.4. The number of carbonyl (C=O) groups is 2. The van der Waals surface area contributed by atoms with Crippen molar-refractivity contribution in [2.45, 2.75) is 31.7 Å². The lowest BCUT2D eigenvalue weighted by atomic mass is 10.0. The smallest absolute Gasteiger partial charge is 0.329 e. The number of benzene rings is 4. The Kier molecular flexibility index (Phi) is 7.77. The van der Waals surface area contributed by atoms with Crippen LogP contribution in [0, 0.1) is 0 Å². The molecule has 0 aliphatic rings. The van der Waals surface area contributed by atoms with E-state index in [1.807, 2.05) is 42.5 Å². The van der Waals surface area contributed by atoms with Gasteiger partial charge < -0.3 is 20.6 Å². The number of amides is 1. The zero-order valence-electron chi connectivity index (χ0n) is 21.6. The van der Waals surface area contributed by atoms with Gasteiger partial charge >= 0.3 is 11.7 Å². The second-order valence-electron chi connectivity index (χ2n) is 9.62. The van der Waals surface area contributed by atoms with Gasteiger partial charge in [0.05, 0.1) is 36.6 Å². The van der Waals surface area contributed by atoms with Crippen LogP contribution in [0.25, 0.3) is 21.8 Å². The molecule has 4 N–H and O–H groups in total. The molecule has 0 spiro atoms. The molecular weight excluding hydrogens is 510 g/mol. The molecule has 2 atom stereocenters. The first kappa shape index (κ1) is 26.9. The number of aliphatic hydroxyl groups excluding tert-OH is 2. The van der Waals surface area contributed by atoms with Crippen molar-refractivity contribution in [3.63, 3.8) is 0 Å². The molecule has 9 nitrogen and oxygen atoms in total. The summed E-state index contributed by atoms with van der Waals surface area (Å²) in [5.41, 5.74) is 2.28. The average Bonchev–Trinajstić information content (AvgIpc) is 3.24. The van der Waals surface area contributed by atoms with Crippen LogP contribution >= 0.6 is 0 Å². The lowest BCUT2D eigenvalue weighted by Crippen LogP contribution is -2.42. The molecule has 5 rings (SSSR count). The fourth-order valence-electron chi connectivity index (χ4n) is 5.00. The maximum Gasteiger partial charge on any atom is 0.329 e. The Bertz CT molecular complexity index is 1740. The number of aliphatic carboxylic acids is 1. The Morgan fingerprint density at radius 1 is 0.850 bits per heavy atom. The van der Waals surface area contributed by atoms with Crippen molar-refractivity contribution in [3.8, 4) is 0 Å². The number of carboxylic acids is 1. The molecule has 0 saturated heterocycles. The Morgan fingerprint density at radius 2 is 1.57 bits per heavy atom. The van der Waals surface area contributed by atoms with Crippen molar-refractivity contribution in [2.24, 2.45) is 0 Å². The molecular formula is C31H29N3O6. The van der Waals surface area contributed by atoms with Gasteiger partial charge in [-0.05, 0) is 40.1 Å². The predicted molar refractivity (Wildman–Crippen MR) is 151 cm³/mol. The maximum atomic E-state index is 13.6. The third kappa shape index (κ3) is 5.38. The summed E-state index contributed by atoms with van der Waals surface area (Å²) in [4.78, 5) is 38.1. The lowest BCUT2D eigenvalue weighted by Gasteiger charge is -2.22. The summed E-state index contributed by atoms with van der Waals surface area (Å²) in [6.45, 7) is -0.294. The van der Waals surface area contributed by atoms with Crippen molar-refractivity contribution in [2.75, 3.05) is 6.61 Å². The lowest BCUT2D eigenvalue weighted by molar-refractivity contribution is -0.137. The molecule has 4 aromatic carbocycles. The number of imidazole rings is 1. The van der Waals surface area contributed by atoms with Crippen LogP contribution in [-0.4, -0.2) is 49.0 Å². The molecule has 0 radical (unpaired) electrons. The summed E-state index contributed by atoms with van der Waals surface area (Å²) in [6.07, 6.45) is -1.39.